The van der Waals surface area contributed by atoms with E-state index in [1.807, 2.05) is 30.3 Å². The number of anilines is 18. The molecule has 0 radical (unpaired) electrons. The van der Waals surface area contributed by atoms with Gasteiger partial charge in [0.15, 0.2) is 0 Å². The summed E-state index contributed by atoms with van der Waals surface area (Å²) in [6.45, 7) is 0. The second kappa shape index (κ2) is 32.9. The van der Waals surface area contributed by atoms with Crippen LogP contribution in [0.25, 0.3) is 67.2 Å². The highest BCUT2D eigenvalue weighted by Crippen LogP contribution is 2.58. The van der Waals surface area contributed by atoms with Gasteiger partial charge in [0.05, 0.1) is 108 Å². The molecule has 12 heteroatoms. The predicted octanol–water partition coefficient (Wildman–Crippen LogP) is 28.6. The van der Waals surface area contributed by atoms with Crippen molar-refractivity contribution in [1.29, 1.82) is 15.8 Å². The molecule has 564 valence electrons. The maximum absolute atomic E-state index is 9.49. The van der Waals surface area contributed by atoms with Gasteiger partial charge in [0, 0.05) is 69.4 Å². The lowest BCUT2D eigenvalue weighted by atomic mass is 9.99. The number of benzene rings is 15. The minimum Gasteiger partial charge on any atom is -0.306 e. The van der Waals surface area contributed by atoms with E-state index in [2.05, 4.69) is 427 Å². The highest BCUT2D eigenvalue weighted by atomic mass is 15.3. The topological polar surface area (TPSA) is 129 Å². The third-order valence-electron chi connectivity index (χ3n) is 21.8. The first kappa shape index (κ1) is 73.2. The van der Waals surface area contributed by atoms with E-state index in [0.717, 1.165) is 164 Å². The van der Waals surface area contributed by atoms with Crippen LogP contribution in [0.2, 0.25) is 0 Å². The fraction of sp³-hybridized carbons (Fsp3) is 0. The Hall–Kier alpha value is -17.0. The maximum atomic E-state index is 9.49. The van der Waals surface area contributed by atoms with Gasteiger partial charge in [-0.1, -0.05) is 237 Å². The number of nitrogens with zero attached hydrogens (tertiary/aromatic N) is 12. The SMILES string of the molecule is N#Cc1ccc(-c2ccc(-c3cccc(N4c5ccccc5N(c5ccccc5)c5ccccc54)c3)cc2)nc1.N#Cc1cccnc1-c1ccc(-c2cccc(N3c4ccccc4N(c4ccccc4)c4ccccc43)c2)cc1.N#Cc1ccnc(-c2ccc(-c3cccc(N4c5ccccc5N(c5ccccc5)c5ccccc54)c3)cc2)c1. The first-order valence-electron chi connectivity index (χ1n) is 39.6. The molecule has 21 rings (SSSR count). The normalized spacial score (nSPS) is 11.9. The summed E-state index contributed by atoms with van der Waals surface area (Å²) in [5.41, 5.74) is 34.0. The van der Waals surface area contributed by atoms with E-state index in [0.29, 0.717) is 22.4 Å². The Morgan fingerprint density at radius 1 is 0.183 bits per heavy atom. The van der Waals surface area contributed by atoms with Crippen molar-refractivity contribution in [2.75, 3.05) is 29.4 Å². The third kappa shape index (κ3) is 14.3. The Morgan fingerprint density at radius 2 is 0.483 bits per heavy atom. The molecular formula is C108H72N12. The summed E-state index contributed by atoms with van der Waals surface area (Å²) < 4.78 is 0. The summed E-state index contributed by atoms with van der Waals surface area (Å²) in [7, 11) is 0. The maximum Gasteiger partial charge on any atom is 0.101 e. The van der Waals surface area contributed by atoms with Gasteiger partial charge in [0.1, 0.15) is 12.1 Å². The van der Waals surface area contributed by atoms with E-state index in [4.69, 9.17) is 5.26 Å². The molecular weight excluding hydrogens is 1470 g/mol. The Labute approximate surface area is 697 Å². The quantitative estimate of drug-likeness (QED) is 0.115. The molecule has 120 heavy (non-hydrogen) atoms. The molecule has 18 aromatic rings. The van der Waals surface area contributed by atoms with Gasteiger partial charge in [0.25, 0.3) is 0 Å². The molecule has 3 aliphatic heterocycles. The van der Waals surface area contributed by atoms with E-state index >= 15 is 0 Å². The van der Waals surface area contributed by atoms with Crippen molar-refractivity contribution in [3.8, 4) is 85.4 Å². The zero-order valence-electron chi connectivity index (χ0n) is 64.9. The largest absolute Gasteiger partial charge is 0.306 e. The molecule has 12 nitrogen and oxygen atoms in total. The van der Waals surface area contributed by atoms with E-state index in [1.165, 1.54) is 0 Å². The number of hydrogen-bond donors (Lipinski definition) is 0. The van der Waals surface area contributed by atoms with Crippen molar-refractivity contribution in [2.24, 2.45) is 0 Å². The van der Waals surface area contributed by atoms with E-state index in [-0.39, 0.29) is 0 Å². The summed E-state index contributed by atoms with van der Waals surface area (Å²) >= 11 is 0. The van der Waals surface area contributed by atoms with Gasteiger partial charge in [-0.15, -0.1) is 0 Å². The van der Waals surface area contributed by atoms with Crippen molar-refractivity contribution in [2.45, 2.75) is 0 Å². The van der Waals surface area contributed by atoms with Crippen LogP contribution in [0.3, 0.4) is 0 Å². The van der Waals surface area contributed by atoms with Gasteiger partial charge in [-0.25, -0.2) is 0 Å². The smallest absolute Gasteiger partial charge is 0.101 e. The van der Waals surface area contributed by atoms with Gasteiger partial charge in [0.2, 0.25) is 0 Å². The Balaban J connectivity index is 0.000000119. The van der Waals surface area contributed by atoms with Crippen LogP contribution in [0.5, 0.6) is 0 Å². The molecule has 15 aromatic carbocycles. The third-order valence-corrected chi connectivity index (χ3v) is 21.8. The summed E-state index contributed by atoms with van der Waals surface area (Å²) in [4.78, 5) is 27.3. The number of hydrogen-bond acceptors (Lipinski definition) is 12. The number of para-hydroxylation sites is 15. The van der Waals surface area contributed by atoms with Gasteiger partial charge < -0.3 is 29.4 Å². The highest BCUT2D eigenvalue weighted by Gasteiger charge is 2.34. The first-order chi connectivity index (χ1) is 59.4. The second-order valence-electron chi connectivity index (χ2n) is 28.9. The second-order valence-corrected chi connectivity index (χ2v) is 28.9. The lowest BCUT2D eigenvalue weighted by Gasteiger charge is -2.40. The zero-order valence-corrected chi connectivity index (χ0v) is 64.9. The van der Waals surface area contributed by atoms with Crippen LogP contribution in [0.15, 0.2) is 437 Å². The number of fused-ring (bicyclic) bond motifs is 6. The zero-order chi connectivity index (χ0) is 80.7. The standard InChI is InChI=1S/3C36H24N4/c37-25-29-11-9-23-38-36(29)27-21-19-26(20-22-27)28-10-8-14-31(24-28)40-34-17-6-4-15-32(34)39(30-12-2-1-3-13-30)33-16-5-7-18-35(33)40;37-24-26-17-22-32(38-25-26)28-20-18-27(19-21-28)29-9-8-12-31(23-29)40-35-15-6-4-13-33(35)39(30-10-2-1-3-11-30)34-14-5-7-16-36(34)40;37-25-26-21-22-38-32(23-26)28-19-17-27(18-20-28)29-9-8-12-31(24-29)40-35-15-6-4-13-33(35)39(30-10-2-1-3-11-30)34-14-5-7-16-36(34)40/h1-24H;1-23,25H;1-24H. The monoisotopic (exact) mass is 1540 g/mol. The van der Waals surface area contributed by atoms with Gasteiger partial charge in [-0.3, -0.25) is 15.0 Å². The Kier molecular flexibility index (Phi) is 20.0. The van der Waals surface area contributed by atoms with Crippen LogP contribution in [0.4, 0.5) is 102 Å². The molecule has 0 aliphatic carbocycles. The average molecular weight is 1540 g/mol. The number of aromatic nitrogens is 3. The Morgan fingerprint density at radius 3 is 0.800 bits per heavy atom. The van der Waals surface area contributed by atoms with Crippen LogP contribution in [-0.2, 0) is 0 Å². The molecule has 6 heterocycles. The average Bonchev–Trinajstić information content (AvgIpc) is 0.744. The molecule has 0 saturated heterocycles. The van der Waals surface area contributed by atoms with Crippen molar-refractivity contribution in [3.63, 3.8) is 0 Å². The summed E-state index contributed by atoms with van der Waals surface area (Å²) in [6, 6.07) is 151. The summed E-state index contributed by atoms with van der Waals surface area (Å²) in [5.74, 6) is 0. The minimum atomic E-state index is 0.560. The molecule has 0 atom stereocenters. The Bertz CT molecular complexity index is 6780. The van der Waals surface area contributed by atoms with Crippen LogP contribution >= 0.6 is 0 Å². The van der Waals surface area contributed by atoms with Crippen LogP contribution in [-0.4, -0.2) is 15.0 Å². The van der Waals surface area contributed by atoms with Gasteiger partial charge >= 0.3 is 0 Å². The number of nitriles is 3. The van der Waals surface area contributed by atoms with Crippen molar-refractivity contribution in [3.05, 3.63) is 454 Å². The molecule has 3 aliphatic rings. The first-order valence-corrected chi connectivity index (χ1v) is 39.6. The highest BCUT2D eigenvalue weighted by molar-refractivity contribution is 6.05. The van der Waals surface area contributed by atoms with Crippen molar-refractivity contribution >= 4 is 102 Å². The van der Waals surface area contributed by atoms with Gasteiger partial charge in [-0.2, -0.15) is 15.8 Å². The molecule has 3 aromatic heterocycles. The van der Waals surface area contributed by atoms with Crippen LogP contribution in [0.1, 0.15) is 16.7 Å². The lowest BCUT2D eigenvalue weighted by Crippen LogP contribution is -2.23. The molecule has 0 spiro atoms. The number of pyridine rings is 3. The molecule has 0 N–H and O–H groups in total. The van der Waals surface area contributed by atoms with Crippen LogP contribution < -0.4 is 29.4 Å². The molecule has 0 saturated carbocycles. The number of rotatable bonds is 12. The molecule has 0 unspecified atom stereocenters. The molecule has 0 bridgehead atoms. The summed E-state index contributed by atoms with van der Waals surface area (Å²) in [6.07, 6.45) is 5.01. The van der Waals surface area contributed by atoms with Crippen molar-refractivity contribution in [1.82, 2.24) is 15.0 Å². The minimum absolute atomic E-state index is 0.560. The lowest BCUT2D eigenvalue weighted by molar-refractivity contribution is 1.17. The van der Waals surface area contributed by atoms with Crippen molar-refractivity contribution < 1.29 is 0 Å². The van der Waals surface area contributed by atoms with E-state index in [9.17, 15) is 10.5 Å². The van der Waals surface area contributed by atoms with Gasteiger partial charge in [-0.05, 0) is 215 Å². The molecule has 0 amide bonds. The fourth-order valence-electron chi connectivity index (χ4n) is 16.2. The predicted molar refractivity (Wildman–Crippen MR) is 488 cm³/mol. The van der Waals surface area contributed by atoms with E-state index < -0.39 is 0 Å². The fourth-order valence-corrected chi connectivity index (χ4v) is 16.2. The van der Waals surface area contributed by atoms with E-state index in [1.54, 1.807) is 42.9 Å². The van der Waals surface area contributed by atoms with Crippen LogP contribution in [0, 0.1) is 34.0 Å². The molecule has 0 fully saturated rings. The summed E-state index contributed by atoms with van der Waals surface area (Å²) in [5, 5.41) is 27.8.